The van der Waals surface area contributed by atoms with Gasteiger partial charge in [0.2, 0.25) is 0 Å². The third-order valence-corrected chi connectivity index (χ3v) is 10.4. The summed E-state index contributed by atoms with van der Waals surface area (Å²) in [7, 11) is 0. The van der Waals surface area contributed by atoms with E-state index >= 15 is 0 Å². The van der Waals surface area contributed by atoms with Gasteiger partial charge in [-0.1, -0.05) is 140 Å². The average Bonchev–Trinajstić information content (AvgIpc) is 3.74. The lowest BCUT2D eigenvalue weighted by Gasteiger charge is -2.18. The van der Waals surface area contributed by atoms with E-state index in [1.807, 2.05) is 24.3 Å². The third-order valence-electron chi connectivity index (χ3n) is 10.4. The van der Waals surface area contributed by atoms with E-state index in [2.05, 4.69) is 146 Å². The summed E-state index contributed by atoms with van der Waals surface area (Å²) in [4.78, 5) is 0. The van der Waals surface area contributed by atoms with Gasteiger partial charge in [-0.25, -0.2) is 0 Å². The molecule has 2 aromatic heterocycles. The fourth-order valence-corrected chi connectivity index (χ4v) is 8.22. The Bertz CT molecular complexity index is 3010. The van der Waals surface area contributed by atoms with Gasteiger partial charge in [0.1, 0.15) is 22.3 Å². The van der Waals surface area contributed by atoms with Gasteiger partial charge in [-0.05, 0) is 90.5 Å². The first-order valence-corrected chi connectivity index (χ1v) is 17.1. The first-order valence-electron chi connectivity index (χ1n) is 17.1. The molecule has 11 aromatic rings. The standard InChI is InChI=1S/C48H28O2/c1-2-13-30-26-33(25-24-29(30)12-1)45-38-20-5-3-18-36(38)44(37-19-4-6-21-39(37)45)31-14-11-15-32(27-31)46-47-40(34-16-7-9-22-42(34)49-47)28-41-35-17-8-10-23-43(35)50-48(41)46/h1-28H. The minimum Gasteiger partial charge on any atom is -0.455 e. The highest BCUT2D eigenvalue weighted by molar-refractivity contribution is 6.24. The van der Waals surface area contributed by atoms with Crippen molar-refractivity contribution in [3.63, 3.8) is 0 Å². The van der Waals surface area contributed by atoms with Crippen LogP contribution in [0.1, 0.15) is 0 Å². The zero-order valence-electron chi connectivity index (χ0n) is 27.0. The molecule has 2 heterocycles. The van der Waals surface area contributed by atoms with Gasteiger partial charge in [0.25, 0.3) is 0 Å². The van der Waals surface area contributed by atoms with Gasteiger partial charge in [-0.15, -0.1) is 0 Å². The molecule has 0 N–H and O–H groups in total. The molecule has 0 unspecified atom stereocenters. The van der Waals surface area contributed by atoms with Crippen molar-refractivity contribution in [2.75, 3.05) is 0 Å². The predicted octanol–water partition coefficient (Wildman–Crippen LogP) is 13.9. The molecule has 0 amide bonds. The van der Waals surface area contributed by atoms with Crippen molar-refractivity contribution in [1.29, 1.82) is 0 Å². The number of rotatable bonds is 3. The van der Waals surface area contributed by atoms with Crippen LogP contribution >= 0.6 is 0 Å². The summed E-state index contributed by atoms with van der Waals surface area (Å²) in [5.41, 5.74) is 10.3. The van der Waals surface area contributed by atoms with Gasteiger partial charge in [-0.2, -0.15) is 0 Å². The third kappa shape index (κ3) is 3.90. The van der Waals surface area contributed by atoms with Gasteiger partial charge < -0.3 is 8.83 Å². The van der Waals surface area contributed by atoms with E-state index in [0.717, 1.165) is 60.6 Å². The van der Waals surface area contributed by atoms with Crippen LogP contribution in [-0.2, 0) is 0 Å². The molecule has 0 fully saturated rings. The van der Waals surface area contributed by atoms with E-state index in [1.165, 1.54) is 49.0 Å². The van der Waals surface area contributed by atoms with Crippen LogP contribution in [0.5, 0.6) is 0 Å². The Hall–Kier alpha value is -6.64. The number of hydrogen-bond acceptors (Lipinski definition) is 2. The predicted molar refractivity (Wildman–Crippen MR) is 210 cm³/mol. The first-order chi connectivity index (χ1) is 24.8. The van der Waals surface area contributed by atoms with Crippen molar-refractivity contribution in [3.8, 4) is 33.4 Å². The second kappa shape index (κ2) is 10.4. The fraction of sp³-hybridized carbons (Fsp3) is 0. The van der Waals surface area contributed by atoms with Crippen LogP contribution in [0.2, 0.25) is 0 Å². The Labute approximate surface area is 287 Å². The highest BCUT2D eigenvalue weighted by atomic mass is 16.3. The van der Waals surface area contributed by atoms with Crippen molar-refractivity contribution in [2.45, 2.75) is 0 Å². The van der Waals surface area contributed by atoms with Crippen LogP contribution < -0.4 is 0 Å². The fourth-order valence-electron chi connectivity index (χ4n) is 8.22. The molecule has 232 valence electrons. The van der Waals surface area contributed by atoms with Crippen molar-refractivity contribution in [2.24, 2.45) is 0 Å². The summed E-state index contributed by atoms with van der Waals surface area (Å²) in [5.74, 6) is 0. The Kier molecular flexibility index (Phi) is 5.70. The SMILES string of the molecule is c1cc(-c2c3ccccc3c(-c3ccc4ccccc4c3)c3ccccc23)cc(-c2c3oc4ccccc4c3cc3c2oc2ccccc23)c1. The molecule has 0 aliphatic rings. The maximum Gasteiger partial charge on any atom is 0.147 e. The number of hydrogen-bond donors (Lipinski definition) is 0. The second-order valence-electron chi connectivity index (χ2n) is 13.2. The van der Waals surface area contributed by atoms with Crippen LogP contribution in [0.4, 0.5) is 0 Å². The number of benzene rings is 9. The average molecular weight is 637 g/mol. The molecule has 50 heavy (non-hydrogen) atoms. The summed E-state index contributed by atoms with van der Waals surface area (Å²) in [6.45, 7) is 0. The van der Waals surface area contributed by atoms with Gasteiger partial charge in [0.15, 0.2) is 0 Å². The van der Waals surface area contributed by atoms with E-state index < -0.39 is 0 Å². The molecule has 0 aliphatic heterocycles. The van der Waals surface area contributed by atoms with Gasteiger partial charge in [-0.3, -0.25) is 0 Å². The Balaban J connectivity index is 1.21. The zero-order valence-corrected chi connectivity index (χ0v) is 27.0. The summed E-state index contributed by atoms with van der Waals surface area (Å²) < 4.78 is 13.3. The lowest BCUT2D eigenvalue weighted by atomic mass is 9.85. The van der Waals surface area contributed by atoms with Crippen molar-refractivity contribution in [1.82, 2.24) is 0 Å². The van der Waals surface area contributed by atoms with Crippen LogP contribution in [-0.4, -0.2) is 0 Å². The van der Waals surface area contributed by atoms with E-state index in [-0.39, 0.29) is 0 Å². The Morgan fingerprint density at radius 2 is 0.700 bits per heavy atom. The van der Waals surface area contributed by atoms with Gasteiger partial charge in [0, 0.05) is 21.5 Å². The van der Waals surface area contributed by atoms with Crippen LogP contribution in [0.3, 0.4) is 0 Å². The highest BCUT2D eigenvalue weighted by Gasteiger charge is 2.22. The largest absolute Gasteiger partial charge is 0.455 e. The molecule has 0 atom stereocenters. The lowest BCUT2D eigenvalue weighted by molar-refractivity contribution is 0.658. The zero-order chi connectivity index (χ0) is 32.8. The van der Waals surface area contributed by atoms with E-state index in [4.69, 9.17) is 8.83 Å². The smallest absolute Gasteiger partial charge is 0.147 e. The minimum atomic E-state index is 0.844. The van der Waals surface area contributed by atoms with Gasteiger partial charge in [0.05, 0.1) is 5.56 Å². The van der Waals surface area contributed by atoms with Crippen molar-refractivity contribution >= 4 is 76.2 Å². The molecule has 0 spiro atoms. The minimum absolute atomic E-state index is 0.844. The molecule has 0 saturated heterocycles. The van der Waals surface area contributed by atoms with E-state index in [0.29, 0.717) is 0 Å². The number of furan rings is 2. The summed E-state index contributed by atoms with van der Waals surface area (Å²) in [6, 6.07) is 60.9. The van der Waals surface area contributed by atoms with Crippen molar-refractivity contribution in [3.05, 3.63) is 170 Å². The maximum absolute atomic E-state index is 6.66. The Morgan fingerprint density at radius 1 is 0.260 bits per heavy atom. The van der Waals surface area contributed by atoms with E-state index in [9.17, 15) is 0 Å². The molecular formula is C48H28O2. The van der Waals surface area contributed by atoms with Gasteiger partial charge >= 0.3 is 0 Å². The van der Waals surface area contributed by atoms with Crippen LogP contribution in [0.15, 0.2) is 179 Å². The quantitative estimate of drug-likeness (QED) is 0.180. The molecule has 0 bridgehead atoms. The first kappa shape index (κ1) is 27.3. The number of fused-ring (bicyclic) bond motifs is 9. The molecule has 11 rings (SSSR count). The second-order valence-corrected chi connectivity index (χ2v) is 13.2. The molecular weight excluding hydrogens is 609 g/mol. The molecule has 2 heteroatoms. The maximum atomic E-state index is 6.66. The van der Waals surface area contributed by atoms with Crippen molar-refractivity contribution < 1.29 is 8.83 Å². The molecule has 0 saturated carbocycles. The summed E-state index contributed by atoms with van der Waals surface area (Å²) >= 11 is 0. The summed E-state index contributed by atoms with van der Waals surface area (Å²) in [5, 5.41) is 11.8. The van der Waals surface area contributed by atoms with Crippen LogP contribution in [0.25, 0.3) is 110 Å². The van der Waals surface area contributed by atoms with E-state index in [1.54, 1.807) is 0 Å². The monoisotopic (exact) mass is 636 g/mol. The molecule has 0 radical (unpaired) electrons. The number of para-hydroxylation sites is 2. The van der Waals surface area contributed by atoms with Crippen LogP contribution in [0, 0.1) is 0 Å². The molecule has 0 aliphatic carbocycles. The summed E-state index contributed by atoms with van der Waals surface area (Å²) in [6.07, 6.45) is 0. The molecule has 9 aromatic carbocycles. The highest BCUT2D eigenvalue weighted by Crippen LogP contribution is 2.47. The lowest BCUT2D eigenvalue weighted by Crippen LogP contribution is -1.91. The normalized spacial score (nSPS) is 12.0. The topological polar surface area (TPSA) is 26.3 Å². The molecule has 2 nitrogen and oxygen atoms in total. The Morgan fingerprint density at radius 3 is 1.26 bits per heavy atom.